The third-order valence-electron chi connectivity index (χ3n) is 1.41. The van der Waals surface area contributed by atoms with E-state index in [1.54, 1.807) is 6.92 Å². The molecule has 0 spiro atoms. The lowest BCUT2D eigenvalue weighted by Crippen LogP contribution is -2.17. The van der Waals surface area contributed by atoms with Gasteiger partial charge in [0.1, 0.15) is 0 Å². The minimum atomic E-state index is -0.329. The van der Waals surface area contributed by atoms with Crippen molar-refractivity contribution in [1.29, 1.82) is 10.8 Å². The SMILES string of the molecule is CCC(C)C(=O)C(C)=O.N=C=O.N=C=O. The van der Waals surface area contributed by atoms with E-state index in [1.807, 2.05) is 6.92 Å². The van der Waals surface area contributed by atoms with E-state index < -0.39 is 0 Å². The van der Waals surface area contributed by atoms with Gasteiger partial charge in [0.25, 0.3) is 0 Å². The highest BCUT2D eigenvalue weighted by molar-refractivity contribution is 6.36. The van der Waals surface area contributed by atoms with Crippen LogP contribution in [-0.2, 0) is 19.2 Å². The summed E-state index contributed by atoms with van der Waals surface area (Å²) in [6.45, 7) is 4.98. The average molecular weight is 214 g/mol. The van der Waals surface area contributed by atoms with Gasteiger partial charge in [0, 0.05) is 12.8 Å². The maximum atomic E-state index is 10.7. The van der Waals surface area contributed by atoms with Gasteiger partial charge in [0.05, 0.1) is 0 Å². The Kier molecular flexibility index (Phi) is 18.3. The molecule has 0 saturated heterocycles. The van der Waals surface area contributed by atoms with Crippen molar-refractivity contribution in [3.63, 3.8) is 0 Å². The fraction of sp³-hybridized carbons (Fsp3) is 0.556. The molecule has 0 saturated carbocycles. The molecule has 1 unspecified atom stereocenters. The summed E-state index contributed by atoms with van der Waals surface area (Å²) in [5.74, 6) is -0.677. The highest BCUT2D eigenvalue weighted by atomic mass is 16.2. The molecule has 0 amide bonds. The predicted octanol–water partition coefficient (Wildman–Crippen LogP) is 0.993. The van der Waals surface area contributed by atoms with Crippen molar-refractivity contribution in [2.24, 2.45) is 5.92 Å². The Bertz CT molecular complexity index is 249. The maximum absolute atomic E-state index is 10.7. The van der Waals surface area contributed by atoms with E-state index in [9.17, 15) is 9.59 Å². The number of carbonyl (C=O) groups is 2. The molecule has 0 fully saturated rings. The van der Waals surface area contributed by atoms with E-state index in [1.165, 1.54) is 6.92 Å². The minimum absolute atomic E-state index is 0.0949. The zero-order valence-corrected chi connectivity index (χ0v) is 8.92. The van der Waals surface area contributed by atoms with E-state index in [4.69, 9.17) is 20.4 Å². The zero-order valence-electron chi connectivity index (χ0n) is 8.92. The highest BCUT2D eigenvalue weighted by Gasteiger charge is 2.14. The van der Waals surface area contributed by atoms with Crippen LogP contribution in [0.1, 0.15) is 27.2 Å². The first-order valence-corrected chi connectivity index (χ1v) is 4.05. The van der Waals surface area contributed by atoms with Gasteiger partial charge in [-0.15, -0.1) is 0 Å². The van der Waals surface area contributed by atoms with Crippen molar-refractivity contribution in [2.45, 2.75) is 27.2 Å². The van der Waals surface area contributed by atoms with Crippen LogP contribution in [0.15, 0.2) is 0 Å². The molecular formula is C9H14N2O4. The van der Waals surface area contributed by atoms with Gasteiger partial charge in [-0.25, -0.2) is 20.4 Å². The lowest BCUT2D eigenvalue weighted by Gasteiger charge is -2.01. The summed E-state index contributed by atoms with van der Waals surface area (Å²) in [5.41, 5.74) is 0. The number of hydrogen-bond acceptors (Lipinski definition) is 6. The van der Waals surface area contributed by atoms with Gasteiger partial charge >= 0.3 is 0 Å². The number of carbonyl (C=O) groups excluding carboxylic acids is 4. The molecule has 0 bridgehead atoms. The first-order chi connectivity index (χ1) is 6.92. The normalized spacial score (nSPS) is 8.73. The van der Waals surface area contributed by atoms with Crippen molar-refractivity contribution in [1.82, 2.24) is 0 Å². The molecule has 6 heteroatoms. The zero-order chi connectivity index (χ0) is 12.9. The number of Topliss-reactive ketones (excluding diaryl/α,β-unsaturated/α-hetero) is 2. The molecule has 0 aromatic heterocycles. The van der Waals surface area contributed by atoms with E-state index >= 15 is 0 Å². The van der Waals surface area contributed by atoms with Crippen LogP contribution < -0.4 is 0 Å². The first kappa shape index (κ1) is 18.8. The predicted molar refractivity (Wildman–Crippen MR) is 52.0 cm³/mol. The summed E-state index contributed by atoms with van der Waals surface area (Å²) in [6, 6.07) is 0. The Morgan fingerprint density at radius 3 is 1.53 bits per heavy atom. The molecule has 0 aliphatic rings. The summed E-state index contributed by atoms with van der Waals surface area (Å²) >= 11 is 0. The lowest BCUT2D eigenvalue weighted by atomic mass is 10.0. The minimum Gasteiger partial charge on any atom is -0.291 e. The fourth-order valence-corrected chi connectivity index (χ4v) is 0.532. The monoisotopic (exact) mass is 214 g/mol. The van der Waals surface area contributed by atoms with Crippen LogP contribution in [0.3, 0.4) is 0 Å². The molecule has 0 aliphatic heterocycles. The summed E-state index contributed by atoms with van der Waals surface area (Å²) in [4.78, 5) is 37.8. The summed E-state index contributed by atoms with van der Waals surface area (Å²) in [6.07, 6.45) is 2.25. The summed E-state index contributed by atoms with van der Waals surface area (Å²) < 4.78 is 0. The Morgan fingerprint density at radius 2 is 1.47 bits per heavy atom. The first-order valence-electron chi connectivity index (χ1n) is 4.05. The number of rotatable bonds is 3. The molecule has 0 radical (unpaired) electrons. The van der Waals surface area contributed by atoms with Crippen molar-refractivity contribution in [3.05, 3.63) is 0 Å². The van der Waals surface area contributed by atoms with Gasteiger partial charge in [-0.3, -0.25) is 9.59 Å². The molecule has 1 atom stereocenters. The molecule has 84 valence electrons. The topological polar surface area (TPSA) is 116 Å². The van der Waals surface area contributed by atoms with E-state index in [0.717, 1.165) is 18.6 Å². The van der Waals surface area contributed by atoms with Crippen LogP contribution in [0.5, 0.6) is 0 Å². The van der Waals surface area contributed by atoms with Crippen molar-refractivity contribution >= 4 is 23.7 Å². The maximum Gasteiger partial charge on any atom is 0.231 e. The van der Waals surface area contributed by atoms with Crippen LogP contribution in [-0.4, -0.2) is 23.7 Å². The number of ketones is 2. The van der Waals surface area contributed by atoms with Crippen molar-refractivity contribution in [3.8, 4) is 0 Å². The molecular weight excluding hydrogens is 200 g/mol. The molecule has 0 heterocycles. The van der Waals surface area contributed by atoms with Crippen molar-refractivity contribution in [2.75, 3.05) is 0 Å². The Morgan fingerprint density at radius 1 is 1.20 bits per heavy atom. The van der Waals surface area contributed by atoms with E-state index in [0.29, 0.717) is 0 Å². The highest BCUT2D eigenvalue weighted by Crippen LogP contribution is 2.01. The summed E-state index contributed by atoms with van der Waals surface area (Å²) in [5, 5.41) is 10.8. The van der Waals surface area contributed by atoms with E-state index in [-0.39, 0.29) is 17.5 Å². The quantitative estimate of drug-likeness (QED) is 0.414. The third-order valence-corrected chi connectivity index (χ3v) is 1.41. The molecule has 2 N–H and O–H groups in total. The number of isocyanates is 2. The van der Waals surface area contributed by atoms with Gasteiger partial charge in [0.15, 0.2) is 5.78 Å². The second-order valence-corrected chi connectivity index (χ2v) is 2.43. The van der Waals surface area contributed by atoms with Crippen LogP contribution >= 0.6 is 0 Å². The Balaban J connectivity index is -0.000000200. The molecule has 0 aromatic rings. The molecule has 6 nitrogen and oxygen atoms in total. The fourth-order valence-electron chi connectivity index (χ4n) is 0.532. The van der Waals surface area contributed by atoms with Crippen LogP contribution in [0, 0.1) is 16.7 Å². The molecule has 0 aliphatic carbocycles. The number of hydrogen-bond donors (Lipinski definition) is 2. The average Bonchev–Trinajstić information content (AvgIpc) is 2.17. The molecule has 0 aromatic carbocycles. The van der Waals surface area contributed by atoms with Crippen molar-refractivity contribution < 1.29 is 19.2 Å². The van der Waals surface area contributed by atoms with Gasteiger partial charge < -0.3 is 0 Å². The number of nitrogens with one attached hydrogen (secondary N) is 2. The lowest BCUT2D eigenvalue weighted by molar-refractivity contribution is -0.137. The van der Waals surface area contributed by atoms with Crippen LogP contribution in [0.25, 0.3) is 0 Å². The Hall–Kier alpha value is -1.90. The molecule has 15 heavy (non-hydrogen) atoms. The van der Waals surface area contributed by atoms with Gasteiger partial charge in [-0.1, -0.05) is 13.8 Å². The van der Waals surface area contributed by atoms with Gasteiger partial charge in [-0.2, -0.15) is 0 Å². The van der Waals surface area contributed by atoms with Crippen LogP contribution in [0.2, 0.25) is 0 Å². The van der Waals surface area contributed by atoms with E-state index in [2.05, 4.69) is 0 Å². The second-order valence-electron chi connectivity index (χ2n) is 2.43. The van der Waals surface area contributed by atoms with Crippen LogP contribution in [0.4, 0.5) is 0 Å². The largest absolute Gasteiger partial charge is 0.291 e. The summed E-state index contributed by atoms with van der Waals surface area (Å²) in [7, 11) is 0. The second kappa shape index (κ2) is 14.6. The Labute approximate surface area is 87.7 Å². The van der Waals surface area contributed by atoms with Gasteiger partial charge in [-0.05, 0) is 6.42 Å². The third kappa shape index (κ3) is 18.8. The standard InChI is InChI=1S/C7H12O2.2CHNO/c1-4-5(2)7(9)6(3)8;2*2-1-3/h5H,4H2,1-3H3;2*2H. The van der Waals surface area contributed by atoms with Gasteiger partial charge in [0.2, 0.25) is 17.9 Å². The molecule has 0 rings (SSSR count). The smallest absolute Gasteiger partial charge is 0.231 e.